The Kier molecular flexibility index (Phi) is 10.6. The highest BCUT2D eigenvalue weighted by molar-refractivity contribution is 5.92. The van der Waals surface area contributed by atoms with Gasteiger partial charge in [0.15, 0.2) is 0 Å². The summed E-state index contributed by atoms with van der Waals surface area (Å²) in [6.45, 7) is 14.6. The second-order valence-corrected chi connectivity index (χ2v) is 9.48. The van der Waals surface area contributed by atoms with E-state index >= 15 is 0 Å². The van der Waals surface area contributed by atoms with E-state index in [4.69, 9.17) is 4.74 Å². The zero-order chi connectivity index (χ0) is 26.6. The van der Waals surface area contributed by atoms with Gasteiger partial charge in [0, 0.05) is 31.0 Å². The second-order valence-electron chi connectivity index (χ2n) is 9.48. The van der Waals surface area contributed by atoms with Crippen LogP contribution >= 0.6 is 0 Å². The maximum Gasteiger partial charge on any atom is 0.337 e. The molecule has 0 spiro atoms. The maximum atomic E-state index is 11.7. The van der Waals surface area contributed by atoms with E-state index in [9.17, 15) is 4.79 Å². The highest BCUT2D eigenvalue weighted by Crippen LogP contribution is 2.28. The van der Waals surface area contributed by atoms with Gasteiger partial charge in [-0.25, -0.2) is 4.79 Å². The van der Waals surface area contributed by atoms with Crippen LogP contribution in [-0.4, -0.2) is 32.9 Å². The summed E-state index contributed by atoms with van der Waals surface area (Å²) in [6.07, 6.45) is 13.2. The van der Waals surface area contributed by atoms with Gasteiger partial charge in [0.05, 0.1) is 24.0 Å². The Morgan fingerprint density at radius 2 is 1.97 bits per heavy atom. The number of methoxy groups -OCH3 is 1. The fraction of sp³-hybridized carbons (Fsp3) is 0.355. The van der Waals surface area contributed by atoms with Crippen molar-refractivity contribution in [1.82, 2.24) is 5.32 Å². The number of hydrogen-bond donors (Lipinski definition) is 2. The van der Waals surface area contributed by atoms with Crippen LogP contribution in [0.1, 0.15) is 54.1 Å². The molecule has 1 fully saturated rings. The summed E-state index contributed by atoms with van der Waals surface area (Å²) in [4.78, 5) is 18.2. The van der Waals surface area contributed by atoms with Crippen molar-refractivity contribution in [2.24, 2.45) is 10.9 Å². The molecule has 6 heteroatoms. The highest BCUT2D eigenvalue weighted by Gasteiger charge is 2.13. The predicted octanol–water partition coefficient (Wildman–Crippen LogP) is 6.92. The summed E-state index contributed by atoms with van der Waals surface area (Å²) in [6, 6.07) is 11.9. The molecule has 1 saturated heterocycles. The van der Waals surface area contributed by atoms with Crippen LogP contribution in [0.5, 0.6) is 0 Å². The molecule has 0 bridgehead atoms. The van der Waals surface area contributed by atoms with Gasteiger partial charge >= 0.3 is 5.97 Å². The summed E-state index contributed by atoms with van der Waals surface area (Å²) in [5.41, 5.74) is 6.96. The molecule has 0 radical (unpaired) electrons. The first-order valence-electron chi connectivity index (χ1n) is 13.0. The fourth-order valence-corrected chi connectivity index (χ4v) is 4.52. The molecular weight excluding hydrogens is 460 g/mol. The Morgan fingerprint density at radius 3 is 2.59 bits per heavy atom. The fourth-order valence-electron chi connectivity index (χ4n) is 4.52. The standard InChI is InChI=1S/C22H27N3O2.C9H13N/c1-16-13-17(7-10-21(16)25-11-5-4-6-12-25)15-24-19-9-8-18(22(26)27-3)14-20(19)23-2;1-3-10-9-6-4-8(2)5-7-9/h7-10,13-14,24H,2,4-6,11-12,15H2,1,3H3;3-4,6-8,10H,1,5H2,2H3. The Morgan fingerprint density at radius 1 is 1.19 bits per heavy atom. The number of benzene rings is 2. The largest absolute Gasteiger partial charge is 0.465 e. The lowest BCUT2D eigenvalue weighted by Crippen LogP contribution is -2.29. The van der Waals surface area contributed by atoms with Crippen molar-refractivity contribution in [2.75, 3.05) is 30.4 Å². The molecule has 37 heavy (non-hydrogen) atoms. The van der Waals surface area contributed by atoms with Gasteiger partial charge in [-0.15, -0.1) is 0 Å². The first-order valence-corrected chi connectivity index (χ1v) is 13.0. The molecule has 2 aliphatic rings. The van der Waals surface area contributed by atoms with Gasteiger partial charge < -0.3 is 20.3 Å². The minimum absolute atomic E-state index is 0.379. The normalized spacial score (nSPS) is 16.6. The zero-order valence-corrected chi connectivity index (χ0v) is 22.4. The molecule has 0 aromatic heterocycles. The minimum atomic E-state index is -0.379. The first-order chi connectivity index (χ1) is 17.9. The predicted molar refractivity (Wildman–Crippen MR) is 156 cm³/mol. The van der Waals surface area contributed by atoms with Crippen molar-refractivity contribution in [3.8, 4) is 0 Å². The average Bonchev–Trinajstić information content (AvgIpc) is 2.93. The van der Waals surface area contributed by atoms with E-state index in [2.05, 4.69) is 84.1 Å². The van der Waals surface area contributed by atoms with E-state index in [1.165, 1.54) is 43.2 Å². The first kappa shape index (κ1) is 27.8. The van der Waals surface area contributed by atoms with Gasteiger partial charge in [0.2, 0.25) is 0 Å². The topological polar surface area (TPSA) is 66.0 Å². The molecular formula is C31H40N4O2. The number of allylic oxidation sites excluding steroid dienone is 3. The van der Waals surface area contributed by atoms with Crippen molar-refractivity contribution in [3.05, 3.63) is 89.8 Å². The lowest BCUT2D eigenvalue weighted by molar-refractivity contribution is 0.0601. The monoisotopic (exact) mass is 500 g/mol. The molecule has 1 aliphatic heterocycles. The molecule has 6 nitrogen and oxygen atoms in total. The van der Waals surface area contributed by atoms with Gasteiger partial charge in [0.25, 0.3) is 0 Å². The van der Waals surface area contributed by atoms with Crippen LogP contribution < -0.4 is 15.5 Å². The van der Waals surface area contributed by atoms with Gasteiger partial charge in [-0.2, -0.15) is 0 Å². The Hall–Kier alpha value is -3.80. The number of rotatable bonds is 8. The van der Waals surface area contributed by atoms with Crippen LogP contribution in [0.2, 0.25) is 0 Å². The van der Waals surface area contributed by atoms with Crippen molar-refractivity contribution in [1.29, 1.82) is 0 Å². The number of carbonyl (C=O) groups excluding carboxylic acids is 1. The molecule has 1 unspecified atom stereocenters. The number of aliphatic imine (C=N–C) groups is 1. The smallest absolute Gasteiger partial charge is 0.337 e. The molecule has 2 aromatic rings. The van der Waals surface area contributed by atoms with Crippen LogP contribution in [0.4, 0.5) is 17.1 Å². The van der Waals surface area contributed by atoms with E-state index in [0.717, 1.165) is 30.9 Å². The quantitative estimate of drug-likeness (QED) is 0.304. The van der Waals surface area contributed by atoms with Crippen molar-refractivity contribution >= 4 is 29.7 Å². The molecule has 2 N–H and O–H groups in total. The second kappa shape index (κ2) is 14.1. The number of piperidine rings is 1. The summed E-state index contributed by atoms with van der Waals surface area (Å²) in [5, 5.41) is 6.43. The van der Waals surface area contributed by atoms with E-state index in [-0.39, 0.29) is 5.97 Å². The highest BCUT2D eigenvalue weighted by atomic mass is 16.5. The molecule has 1 atom stereocenters. The Balaban J connectivity index is 0.000000319. The van der Waals surface area contributed by atoms with Crippen LogP contribution in [-0.2, 0) is 11.3 Å². The third-order valence-corrected chi connectivity index (χ3v) is 6.61. The molecule has 0 amide bonds. The number of nitrogens with one attached hydrogen (secondary N) is 2. The number of esters is 1. The van der Waals surface area contributed by atoms with Gasteiger partial charge in [0.1, 0.15) is 0 Å². The van der Waals surface area contributed by atoms with Crippen molar-refractivity contribution in [2.45, 2.75) is 46.1 Å². The maximum absolute atomic E-state index is 11.7. The summed E-state index contributed by atoms with van der Waals surface area (Å²) in [7, 11) is 1.37. The minimum Gasteiger partial charge on any atom is -0.465 e. The van der Waals surface area contributed by atoms with Crippen molar-refractivity contribution in [3.63, 3.8) is 0 Å². The van der Waals surface area contributed by atoms with Crippen LogP contribution in [0.25, 0.3) is 0 Å². The molecule has 1 heterocycles. The summed E-state index contributed by atoms with van der Waals surface area (Å²) in [5.74, 6) is 0.311. The SMILES string of the molecule is C=CNC1=CCC(C)C=C1.C=Nc1cc(C(=O)OC)ccc1NCc1ccc(N2CCCCC2)c(C)c1. The molecule has 1 aliphatic carbocycles. The third kappa shape index (κ3) is 8.10. The number of anilines is 2. The number of ether oxygens (including phenoxy) is 1. The summed E-state index contributed by atoms with van der Waals surface area (Å²) < 4.78 is 4.75. The van der Waals surface area contributed by atoms with E-state index in [1.54, 1.807) is 18.3 Å². The zero-order valence-electron chi connectivity index (χ0n) is 22.4. The van der Waals surface area contributed by atoms with Crippen molar-refractivity contribution < 1.29 is 9.53 Å². The van der Waals surface area contributed by atoms with Gasteiger partial charge in [-0.1, -0.05) is 37.8 Å². The molecule has 0 saturated carbocycles. The van der Waals surface area contributed by atoms with E-state index in [0.29, 0.717) is 23.7 Å². The number of nitrogens with zero attached hydrogens (tertiary/aromatic N) is 2. The van der Waals surface area contributed by atoms with Crippen LogP contribution in [0.3, 0.4) is 0 Å². The van der Waals surface area contributed by atoms with Gasteiger partial charge in [-0.05, 0) is 92.9 Å². The van der Waals surface area contributed by atoms with Gasteiger partial charge in [-0.3, -0.25) is 4.99 Å². The molecule has 4 rings (SSSR count). The number of hydrogen-bond acceptors (Lipinski definition) is 6. The number of carbonyl (C=O) groups is 1. The average molecular weight is 501 g/mol. The third-order valence-electron chi connectivity index (χ3n) is 6.61. The number of aryl methyl sites for hydroxylation is 1. The van der Waals surface area contributed by atoms with E-state index in [1.807, 2.05) is 6.07 Å². The van der Waals surface area contributed by atoms with Crippen LogP contribution in [0.15, 0.2) is 78.1 Å². The molecule has 2 aromatic carbocycles. The summed E-state index contributed by atoms with van der Waals surface area (Å²) >= 11 is 0. The Bertz CT molecular complexity index is 1150. The lowest BCUT2D eigenvalue weighted by Gasteiger charge is -2.30. The van der Waals surface area contributed by atoms with Crippen LogP contribution in [0, 0.1) is 12.8 Å². The lowest BCUT2D eigenvalue weighted by atomic mass is 10.0. The Labute approximate surface area is 221 Å². The molecule has 196 valence electrons. The van der Waals surface area contributed by atoms with E-state index < -0.39 is 0 Å².